The average Bonchev–Trinajstić information content (AvgIpc) is 3.38. The van der Waals surface area contributed by atoms with Crippen molar-refractivity contribution in [3.05, 3.63) is 125 Å². The fourth-order valence-corrected chi connectivity index (χ4v) is 7.00. The normalized spacial score (nSPS) is 14.6. The number of carbonyl (C=O) groups is 1. The van der Waals surface area contributed by atoms with Crippen molar-refractivity contribution in [3.8, 4) is 17.2 Å². The third-order valence-electron chi connectivity index (χ3n) is 7.59. The second kappa shape index (κ2) is 12.7. The van der Waals surface area contributed by atoms with E-state index >= 15 is 0 Å². The van der Waals surface area contributed by atoms with E-state index in [9.17, 15) is 9.59 Å². The fraction of sp³-hybridized carbons (Fsp3) is 0.171. The van der Waals surface area contributed by atoms with Gasteiger partial charge in [0.1, 0.15) is 11.8 Å². The lowest BCUT2D eigenvalue weighted by Crippen LogP contribution is -2.40. The van der Waals surface area contributed by atoms with Gasteiger partial charge in [0, 0.05) is 15.6 Å². The average molecular weight is 686 g/mol. The number of benzene rings is 4. The lowest BCUT2D eigenvalue weighted by molar-refractivity contribution is -0.138. The van der Waals surface area contributed by atoms with Crippen LogP contribution in [-0.2, 0) is 9.53 Å². The first-order chi connectivity index (χ1) is 21.9. The van der Waals surface area contributed by atoms with Crippen LogP contribution in [0.3, 0.4) is 0 Å². The molecule has 6 rings (SSSR count). The van der Waals surface area contributed by atoms with E-state index in [2.05, 4.69) is 15.9 Å². The molecule has 0 unspecified atom stereocenters. The van der Waals surface area contributed by atoms with Crippen molar-refractivity contribution < 1.29 is 23.7 Å². The summed E-state index contributed by atoms with van der Waals surface area (Å²) in [6, 6.07) is 23.8. The molecule has 0 radical (unpaired) electrons. The topological polar surface area (TPSA) is 88.4 Å². The van der Waals surface area contributed by atoms with Crippen LogP contribution in [0.4, 0.5) is 0 Å². The van der Waals surface area contributed by atoms with E-state index in [1.807, 2.05) is 66.7 Å². The quantitative estimate of drug-likeness (QED) is 0.190. The molecule has 1 aromatic heterocycles. The molecule has 1 atom stereocenters. The summed E-state index contributed by atoms with van der Waals surface area (Å²) in [5, 5.41) is 1.78. The maximum atomic E-state index is 14.5. The number of esters is 1. The van der Waals surface area contributed by atoms with E-state index in [1.54, 1.807) is 51.0 Å². The van der Waals surface area contributed by atoms with E-state index in [1.165, 1.54) is 11.3 Å². The molecule has 0 N–H and O–H groups in total. The highest BCUT2D eigenvalue weighted by atomic mass is 79.9. The van der Waals surface area contributed by atoms with Crippen molar-refractivity contribution in [2.24, 2.45) is 4.99 Å². The lowest BCUT2D eigenvalue weighted by Gasteiger charge is -2.28. The number of nitrogens with zero attached hydrogens (tertiary/aromatic N) is 2. The van der Waals surface area contributed by atoms with Crippen LogP contribution in [0.1, 0.15) is 29.7 Å². The van der Waals surface area contributed by atoms with Gasteiger partial charge in [0.05, 0.1) is 43.7 Å². The second-order valence-corrected chi connectivity index (χ2v) is 11.9. The van der Waals surface area contributed by atoms with Crippen molar-refractivity contribution in [3.63, 3.8) is 0 Å². The first-order valence-electron chi connectivity index (χ1n) is 14.2. The maximum Gasteiger partial charge on any atom is 0.338 e. The number of carbonyl (C=O) groups excluding carboxylic acids is 1. The van der Waals surface area contributed by atoms with E-state index in [0.717, 1.165) is 20.8 Å². The van der Waals surface area contributed by atoms with Gasteiger partial charge in [-0.05, 0) is 47.5 Å². The van der Waals surface area contributed by atoms with Gasteiger partial charge >= 0.3 is 5.97 Å². The molecule has 0 bridgehead atoms. The number of methoxy groups -OCH3 is 3. The molecule has 45 heavy (non-hydrogen) atoms. The van der Waals surface area contributed by atoms with Gasteiger partial charge in [0.2, 0.25) is 0 Å². The third-order valence-corrected chi connectivity index (χ3v) is 9.26. The van der Waals surface area contributed by atoms with Gasteiger partial charge in [-0.15, -0.1) is 0 Å². The van der Waals surface area contributed by atoms with Crippen LogP contribution in [0.2, 0.25) is 0 Å². The molecule has 0 fully saturated rings. The minimum absolute atomic E-state index is 0.154. The Balaban J connectivity index is 1.73. The highest BCUT2D eigenvalue weighted by Crippen LogP contribution is 2.42. The Kier molecular flexibility index (Phi) is 8.60. The molecule has 0 amide bonds. The Hall–Kier alpha value is -4.67. The molecule has 5 aromatic rings. The standard InChI is InChI=1S/C35H29BrN2O6S/c1-5-44-34(40)30-31(21-12-7-6-8-13-21)37-35-38(32(30)29-23-14-10-9-11-20(23)15-16-25(29)41-2)33(39)28(45-35)18-22-17-26(42-3)27(43-4)19-24(22)36/h6-19,32H,5H2,1-4H3/t32-/m0/s1. The molecule has 8 nitrogen and oxygen atoms in total. The summed E-state index contributed by atoms with van der Waals surface area (Å²) in [5.74, 6) is 1.05. The first-order valence-corrected chi connectivity index (χ1v) is 15.8. The monoisotopic (exact) mass is 684 g/mol. The number of fused-ring (bicyclic) bond motifs is 2. The lowest BCUT2D eigenvalue weighted by atomic mass is 9.89. The molecule has 4 aromatic carbocycles. The Morgan fingerprint density at radius 1 is 0.933 bits per heavy atom. The number of rotatable bonds is 8. The number of hydrogen-bond acceptors (Lipinski definition) is 8. The predicted octanol–water partition coefficient (Wildman–Crippen LogP) is 5.88. The number of aromatic nitrogens is 1. The molecule has 0 saturated heterocycles. The van der Waals surface area contributed by atoms with Crippen LogP contribution >= 0.6 is 27.3 Å². The molecular weight excluding hydrogens is 656 g/mol. The zero-order valence-electron chi connectivity index (χ0n) is 25.0. The minimum atomic E-state index is -0.896. The highest BCUT2D eigenvalue weighted by molar-refractivity contribution is 9.10. The van der Waals surface area contributed by atoms with Gasteiger partial charge in [-0.1, -0.05) is 87.9 Å². The SMILES string of the molecule is CCOC(=O)C1=C(c2ccccc2)N=c2sc(=Cc3cc(OC)c(OC)cc3Br)c(=O)n2[C@H]1c1c(OC)ccc2ccccc12. The number of ether oxygens (including phenoxy) is 4. The Morgan fingerprint density at radius 2 is 1.62 bits per heavy atom. The smallest absolute Gasteiger partial charge is 0.338 e. The van der Waals surface area contributed by atoms with Gasteiger partial charge in [-0.25, -0.2) is 9.79 Å². The summed E-state index contributed by atoms with van der Waals surface area (Å²) in [7, 11) is 4.70. The van der Waals surface area contributed by atoms with Gasteiger partial charge in [-0.2, -0.15) is 0 Å². The Bertz CT molecular complexity index is 2150. The van der Waals surface area contributed by atoms with Crippen LogP contribution in [0.25, 0.3) is 22.5 Å². The van der Waals surface area contributed by atoms with Gasteiger partial charge in [0.15, 0.2) is 16.3 Å². The van der Waals surface area contributed by atoms with Gasteiger partial charge in [-0.3, -0.25) is 9.36 Å². The van der Waals surface area contributed by atoms with Crippen LogP contribution in [0, 0.1) is 0 Å². The van der Waals surface area contributed by atoms with Crippen LogP contribution in [0.5, 0.6) is 17.2 Å². The largest absolute Gasteiger partial charge is 0.496 e. The summed E-state index contributed by atoms with van der Waals surface area (Å²) in [6.07, 6.45) is 1.78. The zero-order valence-corrected chi connectivity index (χ0v) is 27.4. The predicted molar refractivity (Wildman–Crippen MR) is 179 cm³/mol. The minimum Gasteiger partial charge on any atom is -0.496 e. The Labute approximate surface area is 271 Å². The van der Waals surface area contributed by atoms with Gasteiger partial charge < -0.3 is 18.9 Å². The van der Waals surface area contributed by atoms with E-state index in [4.69, 9.17) is 23.9 Å². The summed E-state index contributed by atoms with van der Waals surface area (Å²) in [5.41, 5.74) is 2.49. The highest BCUT2D eigenvalue weighted by Gasteiger charge is 2.37. The first kappa shape index (κ1) is 30.4. The summed E-state index contributed by atoms with van der Waals surface area (Å²) in [6.45, 7) is 1.91. The zero-order chi connectivity index (χ0) is 31.7. The summed E-state index contributed by atoms with van der Waals surface area (Å²) < 4.78 is 25.2. The molecule has 0 spiro atoms. The molecule has 1 aliphatic rings. The summed E-state index contributed by atoms with van der Waals surface area (Å²) >= 11 is 4.85. The van der Waals surface area contributed by atoms with Crippen molar-refractivity contribution in [1.82, 2.24) is 4.57 Å². The van der Waals surface area contributed by atoms with Crippen molar-refractivity contribution in [1.29, 1.82) is 0 Å². The third kappa shape index (κ3) is 5.44. The van der Waals surface area contributed by atoms with Crippen molar-refractivity contribution in [2.45, 2.75) is 13.0 Å². The maximum absolute atomic E-state index is 14.5. The molecule has 2 heterocycles. The molecular formula is C35H29BrN2O6S. The number of thiazole rings is 1. The van der Waals surface area contributed by atoms with Crippen LogP contribution < -0.4 is 29.1 Å². The molecule has 0 saturated carbocycles. The van der Waals surface area contributed by atoms with Crippen molar-refractivity contribution >= 4 is 55.8 Å². The fourth-order valence-electron chi connectivity index (χ4n) is 5.57. The van der Waals surface area contributed by atoms with E-state index < -0.39 is 12.0 Å². The van der Waals surface area contributed by atoms with Crippen LogP contribution in [0.15, 0.2) is 98.7 Å². The number of hydrogen-bond donors (Lipinski definition) is 0. The Morgan fingerprint density at radius 3 is 2.33 bits per heavy atom. The van der Waals surface area contributed by atoms with E-state index in [-0.39, 0.29) is 17.7 Å². The molecule has 10 heteroatoms. The van der Waals surface area contributed by atoms with Gasteiger partial charge in [0.25, 0.3) is 5.56 Å². The summed E-state index contributed by atoms with van der Waals surface area (Å²) in [4.78, 5) is 33.9. The molecule has 0 aliphatic carbocycles. The van der Waals surface area contributed by atoms with E-state index in [0.29, 0.717) is 43.4 Å². The van der Waals surface area contributed by atoms with Crippen LogP contribution in [-0.4, -0.2) is 38.5 Å². The second-order valence-electron chi connectivity index (χ2n) is 10.1. The molecule has 1 aliphatic heterocycles. The number of halogens is 1. The van der Waals surface area contributed by atoms with Crippen molar-refractivity contribution in [2.75, 3.05) is 27.9 Å². The molecule has 228 valence electrons.